The quantitative estimate of drug-likeness (QED) is 0.742. The minimum atomic E-state index is -0.0728. The fourth-order valence-corrected chi connectivity index (χ4v) is 3.06. The Kier molecular flexibility index (Phi) is 6.27. The maximum Gasteiger partial charge on any atom is 0.225 e. The van der Waals surface area contributed by atoms with Gasteiger partial charge in [0.25, 0.3) is 0 Å². The number of nitrogen functional groups attached to an aromatic ring is 1. The topological polar surface area (TPSA) is 79.1 Å². The third-order valence-corrected chi connectivity index (χ3v) is 4.19. The number of hydrogen-bond acceptors (Lipinski definition) is 6. The molecule has 0 aliphatic carbocycles. The van der Waals surface area contributed by atoms with Crippen molar-refractivity contribution < 1.29 is 0 Å². The molecule has 1 saturated heterocycles. The number of likely N-dealkylation sites (tertiary alicyclic amines) is 1. The predicted octanol–water partition coefficient (Wildman–Crippen LogP) is 3.05. The third-order valence-electron chi connectivity index (χ3n) is 4.19. The molecule has 1 fully saturated rings. The van der Waals surface area contributed by atoms with Crippen LogP contribution in [0.5, 0.6) is 0 Å². The first-order valence-electron chi connectivity index (χ1n) is 9.10. The third kappa shape index (κ3) is 6.15. The van der Waals surface area contributed by atoms with Crippen LogP contribution in [0.25, 0.3) is 0 Å². The zero-order valence-corrected chi connectivity index (χ0v) is 15.9. The molecule has 1 aliphatic heterocycles. The maximum atomic E-state index is 6.02. The van der Waals surface area contributed by atoms with Crippen molar-refractivity contribution in [2.75, 3.05) is 42.5 Å². The van der Waals surface area contributed by atoms with Crippen LogP contribution in [0.2, 0.25) is 0 Å². The highest BCUT2D eigenvalue weighted by Crippen LogP contribution is 2.22. The van der Waals surface area contributed by atoms with Gasteiger partial charge in [0, 0.05) is 18.6 Å². The van der Waals surface area contributed by atoms with Gasteiger partial charge in [-0.2, -0.15) is 4.98 Å². The minimum absolute atomic E-state index is 0.0728. The van der Waals surface area contributed by atoms with Gasteiger partial charge in [-0.1, -0.05) is 13.8 Å². The van der Waals surface area contributed by atoms with Gasteiger partial charge < -0.3 is 21.3 Å². The molecule has 0 aromatic carbocycles. The van der Waals surface area contributed by atoms with E-state index in [1.165, 1.54) is 32.5 Å². The Morgan fingerprint density at radius 3 is 2.54 bits per heavy atom. The van der Waals surface area contributed by atoms with Crippen molar-refractivity contribution in [2.45, 2.75) is 53.0 Å². The van der Waals surface area contributed by atoms with Crippen LogP contribution in [0.3, 0.4) is 0 Å². The number of anilines is 3. The van der Waals surface area contributed by atoms with Crippen LogP contribution in [-0.4, -0.2) is 46.6 Å². The predicted molar refractivity (Wildman–Crippen MR) is 102 cm³/mol. The number of piperidine rings is 1. The summed E-state index contributed by atoms with van der Waals surface area (Å²) in [7, 11) is 0. The number of nitrogens with zero attached hydrogens (tertiary/aromatic N) is 3. The molecule has 0 unspecified atom stereocenters. The lowest BCUT2D eigenvalue weighted by Crippen LogP contribution is -2.37. The van der Waals surface area contributed by atoms with Crippen LogP contribution in [0, 0.1) is 11.8 Å². The second-order valence-corrected chi connectivity index (χ2v) is 8.39. The van der Waals surface area contributed by atoms with Gasteiger partial charge in [0.2, 0.25) is 5.95 Å². The molecule has 0 saturated carbocycles. The van der Waals surface area contributed by atoms with Crippen LogP contribution in [0.4, 0.5) is 17.5 Å². The molecule has 0 spiro atoms. The van der Waals surface area contributed by atoms with Gasteiger partial charge in [-0.15, -0.1) is 0 Å². The van der Waals surface area contributed by atoms with Crippen molar-refractivity contribution in [3.8, 4) is 0 Å². The summed E-state index contributed by atoms with van der Waals surface area (Å²) in [5, 5.41) is 6.72. The minimum Gasteiger partial charge on any atom is -0.394 e. The van der Waals surface area contributed by atoms with Crippen molar-refractivity contribution in [3.63, 3.8) is 0 Å². The van der Waals surface area contributed by atoms with E-state index in [9.17, 15) is 0 Å². The Morgan fingerprint density at radius 1 is 1.29 bits per heavy atom. The standard InChI is InChI=1S/C18H34N6/c1-13(2)12-24-8-6-14(7-9-24)10-20-16-15(19)11-21-17(22-16)23-18(3,4)5/h11,13-14H,6-10,12,19H2,1-5H3,(H2,20,21,22,23). The van der Waals surface area contributed by atoms with E-state index < -0.39 is 0 Å². The van der Waals surface area contributed by atoms with Crippen molar-refractivity contribution in [1.29, 1.82) is 0 Å². The van der Waals surface area contributed by atoms with E-state index in [1.807, 2.05) is 0 Å². The second kappa shape index (κ2) is 8.01. The molecule has 0 bridgehead atoms. The van der Waals surface area contributed by atoms with E-state index in [0.717, 1.165) is 18.3 Å². The molecule has 0 amide bonds. The van der Waals surface area contributed by atoms with Crippen molar-refractivity contribution in [2.24, 2.45) is 11.8 Å². The van der Waals surface area contributed by atoms with E-state index in [0.29, 0.717) is 17.6 Å². The molecule has 4 N–H and O–H groups in total. The fourth-order valence-electron chi connectivity index (χ4n) is 3.06. The molecular weight excluding hydrogens is 300 g/mol. The van der Waals surface area contributed by atoms with Crippen molar-refractivity contribution in [1.82, 2.24) is 14.9 Å². The van der Waals surface area contributed by atoms with Gasteiger partial charge in [-0.3, -0.25) is 0 Å². The highest BCUT2D eigenvalue weighted by atomic mass is 15.2. The highest BCUT2D eigenvalue weighted by molar-refractivity contribution is 5.61. The lowest BCUT2D eigenvalue weighted by Gasteiger charge is -2.33. The number of nitrogens with one attached hydrogen (secondary N) is 2. The summed E-state index contributed by atoms with van der Waals surface area (Å²) in [5.74, 6) is 2.78. The Balaban J connectivity index is 1.85. The van der Waals surface area contributed by atoms with Crippen LogP contribution in [-0.2, 0) is 0 Å². The van der Waals surface area contributed by atoms with Crippen LogP contribution in [0.15, 0.2) is 6.20 Å². The molecule has 0 radical (unpaired) electrons. The molecular formula is C18H34N6. The average Bonchev–Trinajstić information content (AvgIpc) is 2.47. The van der Waals surface area contributed by atoms with Crippen LogP contribution < -0.4 is 16.4 Å². The molecule has 6 heteroatoms. The fraction of sp³-hybridized carbons (Fsp3) is 0.778. The second-order valence-electron chi connectivity index (χ2n) is 8.39. The molecule has 1 aromatic rings. The van der Waals surface area contributed by atoms with Crippen molar-refractivity contribution in [3.05, 3.63) is 6.20 Å². The molecule has 1 aromatic heterocycles. The first-order chi connectivity index (χ1) is 11.2. The molecule has 0 atom stereocenters. The highest BCUT2D eigenvalue weighted by Gasteiger charge is 2.20. The average molecular weight is 335 g/mol. The Bertz CT molecular complexity index is 515. The summed E-state index contributed by atoms with van der Waals surface area (Å²) in [6.07, 6.45) is 4.14. The first kappa shape index (κ1) is 18.8. The van der Waals surface area contributed by atoms with Crippen LogP contribution in [0.1, 0.15) is 47.5 Å². The molecule has 6 nitrogen and oxygen atoms in total. The number of rotatable bonds is 6. The van der Waals surface area contributed by atoms with Gasteiger partial charge in [0.1, 0.15) is 0 Å². The van der Waals surface area contributed by atoms with E-state index in [1.54, 1.807) is 6.20 Å². The van der Waals surface area contributed by atoms with Gasteiger partial charge in [0.15, 0.2) is 5.82 Å². The summed E-state index contributed by atoms with van der Waals surface area (Å²) >= 11 is 0. The Hall–Kier alpha value is -1.56. The molecule has 1 aliphatic rings. The molecule has 24 heavy (non-hydrogen) atoms. The Morgan fingerprint density at radius 2 is 1.96 bits per heavy atom. The molecule has 2 heterocycles. The summed E-state index contributed by atoms with van der Waals surface area (Å²) in [4.78, 5) is 11.4. The zero-order chi connectivity index (χ0) is 17.7. The Labute approximate surface area is 146 Å². The summed E-state index contributed by atoms with van der Waals surface area (Å²) in [6, 6.07) is 0. The summed E-state index contributed by atoms with van der Waals surface area (Å²) < 4.78 is 0. The maximum absolute atomic E-state index is 6.02. The van der Waals surface area contributed by atoms with Gasteiger partial charge in [-0.25, -0.2) is 4.98 Å². The monoisotopic (exact) mass is 334 g/mol. The van der Waals surface area contributed by atoms with Crippen LogP contribution >= 0.6 is 0 Å². The van der Waals surface area contributed by atoms with Gasteiger partial charge in [0.05, 0.1) is 11.9 Å². The number of nitrogens with two attached hydrogens (primary N) is 1. The lowest BCUT2D eigenvalue weighted by atomic mass is 9.96. The van der Waals surface area contributed by atoms with E-state index in [2.05, 4.69) is 60.1 Å². The van der Waals surface area contributed by atoms with Crippen molar-refractivity contribution >= 4 is 17.5 Å². The number of aromatic nitrogens is 2. The zero-order valence-electron chi connectivity index (χ0n) is 15.9. The summed E-state index contributed by atoms with van der Waals surface area (Å²) in [5.41, 5.74) is 6.55. The largest absolute Gasteiger partial charge is 0.394 e. The van der Waals surface area contributed by atoms with E-state index in [4.69, 9.17) is 5.73 Å². The van der Waals surface area contributed by atoms with E-state index in [-0.39, 0.29) is 5.54 Å². The van der Waals surface area contributed by atoms with Gasteiger partial charge >= 0.3 is 0 Å². The van der Waals surface area contributed by atoms with E-state index >= 15 is 0 Å². The number of hydrogen-bond donors (Lipinski definition) is 3. The van der Waals surface area contributed by atoms with Gasteiger partial charge in [-0.05, 0) is 58.5 Å². The molecule has 136 valence electrons. The normalized spacial score (nSPS) is 17.2. The summed E-state index contributed by atoms with van der Waals surface area (Å²) in [6.45, 7) is 15.4. The smallest absolute Gasteiger partial charge is 0.225 e. The lowest BCUT2D eigenvalue weighted by molar-refractivity contribution is 0.172. The molecule has 2 rings (SSSR count). The first-order valence-corrected chi connectivity index (χ1v) is 9.10. The SMILES string of the molecule is CC(C)CN1CCC(CNc2nc(NC(C)(C)C)ncc2N)CC1.